The zero-order chi connectivity index (χ0) is 25.1. The first kappa shape index (κ1) is 22.8. The summed E-state index contributed by atoms with van der Waals surface area (Å²) in [6.07, 6.45) is 2.16. The van der Waals surface area contributed by atoms with Crippen LogP contribution in [0.4, 0.5) is 5.69 Å². The average Bonchev–Trinajstić information content (AvgIpc) is 3.48. The van der Waals surface area contributed by atoms with Crippen molar-refractivity contribution in [2.24, 2.45) is 11.8 Å². The summed E-state index contributed by atoms with van der Waals surface area (Å²) in [5.41, 5.74) is 0.354. The maximum atomic E-state index is 14.0. The van der Waals surface area contributed by atoms with E-state index in [4.69, 9.17) is 10.00 Å². The first-order chi connectivity index (χ1) is 17.4. The van der Waals surface area contributed by atoms with E-state index in [2.05, 4.69) is 12.1 Å². The summed E-state index contributed by atoms with van der Waals surface area (Å²) in [7, 11) is 0. The van der Waals surface area contributed by atoms with E-state index in [1.807, 2.05) is 43.3 Å². The number of amides is 2. The molecule has 3 heterocycles. The highest BCUT2D eigenvalue weighted by atomic mass is 32.2. The van der Waals surface area contributed by atoms with Gasteiger partial charge in [0, 0.05) is 21.4 Å². The van der Waals surface area contributed by atoms with Crippen LogP contribution >= 0.6 is 11.8 Å². The number of imide groups is 1. The van der Waals surface area contributed by atoms with E-state index in [1.165, 1.54) is 4.90 Å². The van der Waals surface area contributed by atoms with Crippen molar-refractivity contribution >= 4 is 40.0 Å². The number of nitriles is 2. The molecule has 0 aromatic heterocycles. The van der Waals surface area contributed by atoms with Crippen molar-refractivity contribution in [1.29, 1.82) is 10.5 Å². The molecule has 178 valence electrons. The Kier molecular flexibility index (Phi) is 5.19. The molecule has 3 fully saturated rings. The maximum Gasteiger partial charge on any atom is 0.240 e. The van der Waals surface area contributed by atoms with Crippen molar-refractivity contribution in [3.8, 4) is 12.1 Å². The molecule has 3 aromatic carbocycles. The molecule has 2 amide bonds. The summed E-state index contributed by atoms with van der Waals surface area (Å²) in [4.78, 5) is 30.2. The van der Waals surface area contributed by atoms with Gasteiger partial charge in [-0.3, -0.25) is 9.59 Å². The number of hydrogen-bond acceptors (Lipinski definition) is 6. The third-order valence-electron chi connectivity index (χ3n) is 8.05. The Bertz CT molecular complexity index is 1500. The predicted molar refractivity (Wildman–Crippen MR) is 136 cm³/mol. The fourth-order valence-corrected chi connectivity index (χ4v) is 7.40. The number of ether oxygens (including phenoxy) is 1. The molecule has 0 spiro atoms. The lowest BCUT2D eigenvalue weighted by molar-refractivity contribution is -0.130. The zero-order valence-corrected chi connectivity index (χ0v) is 20.5. The molecular formula is C29H23N3O3S. The summed E-state index contributed by atoms with van der Waals surface area (Å²) in [6, 6.07) is 22.6. The van der Waals surface area contributed by atoms with Crippen LogP contribution in [-0.2, 0) is 14.3 Å². The number of carbonyl (C=O) groups is 2. The monoisotopic (exact) mass is 493 g/mol. The van der Waals surface area contributed by atoms with Gasteiger partial charge in [-0.15, -0.1) is 11.8 Å². The second-order valence-corrected chi connectivity index (χ2v) is 11.1. The van der Waals surface area contributed by atoms with Crippen LogP contribution in [0.2, 0.25) is 0 Å². The standard InChI is InChI=1S/C29H23N3O3S/c1-28-12-13-29(35-28,14-15-36-20-9-6-18(16-30)7-10-20)25-24(28)26(33)32(27(25)34)23-11-8-19(17-31)21-4-2-3-5-22(21)23/h2-11,24-25H,12-15H2,1H3/t24-,25+,28-,29-/m0/s1. The minimum Gasteiger partial charge on any atom is -0.367 e. The molecular weight excluding hydrogens is 470 g/mol. The highest BCUT2D eigenvalue weighted by Crippen LogP contribution is 2.62. The van der Waals surface area contributed by atoms with E-state index in [9.17, 15) is 14.9 Å². The summed E-state index contributed by atoms with van der Waals surface area (Å²) in [5, 5.41) is 20.0. The fourth-order valence-electron chi connectivity index (χ4n) is 6.39. The van der Waals surface area contributed by atoms with Gasteiger partial charge in [0.15, 0.2) is 0 Å². The number of carbonyl (C=O) groups excluding carboxylic acids is 2. The summed E-state index contributed by atoms with van der Waals surface area (Å²) < 4.78 is 6.57. The molecule has 0 radical (unpaired) electrons. The first-order valence-electron chi connectivity index (χ1n) is 12.0. The molecule has 6 rings (SSSR count). The van der Waals surface area contributed by atoms with Crippen LogP contribution < -0.4 is 4.90 Å². The molecule has 4 atom stereocenters. The molecule has 0 saturated carbocycles. The number of anilines is 1. The summed E-state index contributed by atoms with van der Waals surface area (Å²) in [5.74, 6) is -0.685. The van der Waals surface area contributed by atoms with E-state index in [-0.39, 0.29) is 11.8 Å². The largest absolute Gasteiger partial charge is 0.367 e. The van der Waals surface area contributed by atoms with Crippen molar-refractivity contribution < 1.29 is 14.3 Å². The van der Waals surface area contributed by atoms with Crippen LogP contribution in [0, 0.1) is 34.5 Å². The topological polar surface area (TPSA) is 94.2 Å². The molecule has 6 nitrogen and oxygen atoms in total. The number of benzene rings is 3. The third kappa shape index (κ3) is 3.20. The normalized spacial score (nSPS) is 28.4. The third-order valence-corrected chi connectivity index (χ3v) is 9.07. The summed E-state index contributed by atoms with van der Waals surface area (Å²) >= 11 is 1.67. The van der Waals surface area contributed by atoms with E-state index >= 15 is 0 Å². The fraction of sp³-hybridized carbons (Fsp3) is 0.310. The Morgan fingerprint density at radius 1 is 0.944 bits per heavy atom. The smallest absolute Gasteiger partial charge is 0.240 e. The van der Waals surface area contributed by atoms with Crippen molar-refractivity contribution in [3.63, 3.8) is 0 Å². The summed E-state index contributed by atoms with van der Waals surface area (Å²) in [6.45, 7) is 1.97. The molecule has 0 aliphatic carbocycles. The molecule has 7 heteroatoms. The highest BCUT2D eigenvalue weighted by Gasteiger charge is 2.73. The van der Waals surface area contributed by atoms with Crippen LogP contribution in [0.3, 0.4) is 0 Å². The van der Waals surface area contributed by atoms with Crippen LogP contribution in [-0.4, -0.2) is 28.8 Å². The number of hydrogen-bond donors (Lipinski definition) is 0. The second kappa shape index (κ2) is 8.20. The first-order valence-corrected chi connectivity index (χ1v) is 13.0. The van der Waals surface area contributed by atoms with Gasteiger partial charge in [0.25, 0.3) is 0 Å². The van der Waals surface area contributed by atoms with E-state index in [0.717, 1.165) is 34.3 Å². The molecule has 3 aliphatic heterocycles. The van der Waals surface area contributed by atoms with Crippen molar-refractivity contribution in [3.05, 3.63) is 71.8 Å². The van der Waals surface area contributed by atoms with Gasteiger partial charge in [0.05, 0.1) is 52.0 Å². The molecule has 3 aliphatic rings. The number of nitrogens with zero attached hydrogens (tertiary/aromatic N) is 3. The predicted octanol–water partition coefficient (Wildman–Crippen LogP) is 5.19. The van der Waals surface area contributed by atoms with Gasteiger partial charge in [-0.05, 0) is 62.6 Å². The Balaban J connectivity index is 1.31. The van der Waals surface area contributed by atoms with E-state index in [0.29, 0.717) is 23.2 Å². The lowest BCUT2D eigenvalue weighted by Crippen LogP contribution is -2.42. The average molecular weight is 494 g/mol. The van der Waals surface area contributed by atoms with Crippen LogP contribution in [0.15, 0.2) is 65.6 Å². The van der Waals surface area contributed by atoms with Crippen molar-refractivity contribution in [1.82, 2.24) is 0 Å². The van der Waals surface area contributed by atoms with Crippen LogP contribution in [0.25, 0.3) is 10.8 Å². The van der Waals surface area contributed by atoms with E-state index in [1.54, 1.807) is 36.0 Å². The van der Waals surface area contributed by atoms with Gasteiger partial charge in [0.1, 0.15) is 0 Å². The van der Waals surface area contributed by atoms with Crippen molar-refractivity contribution in [2.45, 2.75) is 42.3 Å². The van der Waals surface area contributed by atoms with Gasteiger partial charge < -0.3 is 4.74 Å². The quantitative estimate of drug-likeness (QED) is 0.359. The number of thioether (sulfide) groups is 1. The Morgan fingerprint density at radius 3 is 2.39 bits per heavy atom. The van der Waals surface area contributed by atoms with Crippen LogP contribution in [0.1, 0.15) is 37.3 Å². The molecule has 36 heavy (non-hydrogen) atoms. The number of fused-ring (bicyclic) bond motifs is 6. The number of rotatable bonds is 5. The minimum absolute atomic E-state index is 0.202. The molecule has 0 unspecified atom stereocenters. The van der Waals surface area contributed by atoms with Gasteiger partial charge in [-0.25, -0.2) is 4.90 Å². The zero-order valence-electron chi connectivity index (χ0n) is 19.7. The van der Waals surface area contributed by atoms with E-state index < -0.39 is 23.0 Å². The Hall–Kier alpha value is -3.65. The molecule has 2 bridgehead atoms. The van der Waals surface area contributed by atoms with Crippen molar-refractivity contribution in [2.75, 3.05) is 10.7 Å². The molecule has 3 aromatic rings. The van der Waals surface area contributed by atoms with Gasteiger partial charge >= 0.3 is 0 Å². The van der Waals surface area contributed by atoms with Gasteiger partial charge in [-0.2, -0.15) is 10.5 Å². The molecule has 0 N–H and O–H groups in total. The highest BCUT2D eigenvalue weighted by molar-refractivity contribution is 7.99. The minimum atomic E-state index is -0.664. The van der Waals surface area contributed by atoms with Crippen LogP contribution in [0.5, 0.6) is 0 Å². The Morgan fingerprint density at radius 2 is 1.67 bits per heavy atom. The Labute approximate surface area is 213 Å². The van der Waals surface area contributed by atoms with Gasteiger partial charge in [-0.1, -0.05) is 24.3 Å². The van der Waals surface area contributed by atoms with Gasteiger partial charge in [0.2, 0.25) is 11.8 Å². The lowest BCUT2D eigenvalue weighted by Gasteiger charge is -2.31. The molecule has 3 saturated heterocycles. The SMILES string of the molecule is C[C@@]12CC[C@@](CCSc3ccc(C#N)cc3)(O1)[C@H]1C(=O)N(c3ccc(C#N)c4ccccc34)C(=O)[C@H]12. The second-order valence-electron chi connectivity index (χ2n) is 9.97. The lowest BCUT2D eigenvalue weighted by atomic mass is 9.67. The maximum absolute atomic E-state index is 14.0.